The molecule has 0 rings (SSSR count). The minimum Gasteiger partial charge on any atom is -0.354 e. The molecular weight excluding hydrogens is 204 g/mol. The van der Waals surface area contributed by atoms with Gasteiger partial charge < -0.3 is 14.8 Å². The average Bonchev–Trinajstić information content (AvgIpc) is 2.25. The van der Waals surface area contributed by atoms with E-state index in [1.165, 1.54) is 0 Å². The van der Waals surface area contributed by atoms with E-state index < -0.39 is 0 Å². The highest BCUT2D eigenvalue weighted by Gasteiger charge is 2.21. The fraction of sp³-hybridized carbons (Fsp3) is 0.917. The third kappa shape index (κ3) is 6.06. The molecule has 0 amide bonds. The lowest BCUT2D eigenvalue weighted by Crippen LogP contribution is -2.43. The Labute approximate surface area is 98.9 Å². The predicted molar refractivity (Wildman–Crippen MR) is 63.9 cm³/mol. The smallest absolute Gasteiger partial charge is 0.171 e. The normalized spacial score (nSPS) is 13.8. The molecule has 0 bridgehead atoms. The highest BCUT2D eigenvalue weighted by molar-refractivity contribution is 4.80. The van der Waals surface area contributed by atoms with Crippen molar-refractivity contribution in [3.63, 3.8) is 0 Å². The number of nitrogens with one attached hydrogen (secondary N) is 1. The van der Waals surface area contributed by atoms with Gasteiger partial charge in [-0.3, -0.25) is 0 Å². The Balaban J connectivity index is 3.98. The number of nitriles is 1. The van der Waals surface area contributed by atoms with E-state index in [4.69, 9.17) is 14.7 Å². The minimum absolute atomic E-state index is 0.121. The molecule has 0 aliphatic carbocycles. The summed E-state index contributed by atoms with van der Waals surface area (Å²) in [6, 6.07) is 2.31. The van der Waals surface area contributed by atoms with Gasteiger partial charge in [0.1, 0.15) is 0 Å². The van der Waals surface area contributed by atoms with Gasteiger partial charge in [-0.25, -0.2) is 0 Å². The summed E-state index contributed by atoms with van der Waals surface area (Å²) >= 11 is 0. The van der Waals surface area contributed by atoms with Crippen LogP contribution in [0.1, 0.15) is 33.6 Å². The maximum absolute atomic E-state index is 8.56. The van der Waals surface area contributed by atoms with Crippen molar-refractivity contribution in [3.05, 3.63) is 0 Å². The van der Waals surface area contributed by atoms with Crippen LogP contribution in [-0.4, -0.2) is 33.1 Å². The lowest BCUT2D eigenvalue weighted by atomic mass is 9.88. The number of methoxy groups -OCH3 is 2. The molecule has 0 aromatic carbocycles. The van der Waals surface area contributed by atoms with Gasteiger partial charge in [0.05, 0.1) is 12.1 Å². The van der Waals surface area contributed by atoms with Gasteiger partial charge in [-0.05, 0) is 18.8 Å². The van der Waals surface area contributed by atoms with Crippen LogP contribution in [-0.2, 0) is 9.47 Å². The Bertz CT molecular complexity index is 220. The third-order valence-electron chi connectivity index (χ3n) is 2.69. The Kier molecular flexibility index (Phi) is 7.31. The molecule has 0 spiro atoms. The van der Waals surface area contributed by atoms with Gasteiger partial charge in [-0.1, -0.05) is 13.8 Å². The first-order chi connectivity index (χ1) is 7.46. The molecule has 0 aromatic heterocycles. The molecule has 0 saturated carbocycles. The van der Waals surface area contributed by atoms with Crippen LogP contribution in [0.3, 0.4) is 0 Å². The van der Waals surface area contributed by atoms with Crippen LogP contribution in [0.25, 0.3) is 0 Å². The largest absolute Gasteiger partial charge is 0.354 e. The summed E-state index contributed by atoms with van der Waals surface area (Å²) in [6.45, 7) is 7.18. The second-order valence-electron chi connectivity index (χ2n) is 4.83. The quantitative estimate of drug-likeness (QED) is 0.645. The van der Waals surface area contributed by atoms with Crippen LogP contribution in [0.2, 0.25) is 0 Å². The van der Waals surface area contributed by atoms with E-state index in [0.29, 0.717) is 6.42 Å². The monoisotopic (exact) mass is 228 g/mol. The number of hydrogen-bond acceptors (Lipinski definition) is 4. The van der Waals surface area contributed by atoms with Gasteiger partial charge in [-0.15, -0.1) is 0 Å². The summed E-state index contributed by atoms with van der Waals surface area (Å²) in [5, 5.41) is 11.9. The van der Waals surface area contributed by atoms with Gasteiger partial charge in [-0.2, -0.15) is 5.26 Å². The van der Waals surface area contributed by atoms with E-state index in [9.17, 15) is 0 Å². The molecule has 16 heavy (non-hydrogen) atoms. The van der Waals surface area contributed by atoms with Gasteiger partial charge in [0.2, 0.25) is 0 Å². The van der Waals surface area contributed by atoms with Crippen LogP contribution in [0.5, 0.6) is 0 Å². The van der Waals surface area contributed by atoms with Crippen molar-refractivity contribution in [2.24, 2.45) is 5.41 Å². The first kappa shape index (κ1) is 15.4. The average molecular weight is 228 g/mol. The zero-order chi connectivity index (χ0) is 12.6. The predicted octanol–water partition coefficient (Wildman–Crippen LogP) is 1.91. The summed E-state index contributed by atoms with van der Waals surface area (Å²) in [6.07, 6.45) is 1.27. The summed E-state index contributed by atoms with van der Waals surface area (Å²) in [7, 11) is 3.26. The van der Waals surface area contributed by atoms with E-state index in [1.54, 1.807) is 14.2 Å². The summed E-state index contributed by atoms with van der Waals surface area (Å²) in [5.74, 6) is 0. The lowest BCUT2D eigenvalue weighted by Gasteiger charge is -2.29. The van der Waals surface area contributed by atoms with Crippen molar-refractivity contribution in [2.75, 3.05) is 20.8 Å². The van der Waals surface area contributed by atoms with Crippen molar-refractivity contribution in [2.45, 2.75) is 45.9 Å². The molecule has 0 saturated heterocycles. The molecule has 4 heteroatoms. The summed E-state index contributed by atoms with van der Waals surface area (Å²) in [4.78, 5) is 0. The van der Waals surface area contributed by atoms with Crippen molar-refractivity contribution in [3.8, 4) is 6.07 Å². The molecule has 0 fully saturated rings. The minimum atomic E-state index is -0.230. The topological polar surface area (TPSA) is 54.3 Å². The maximum atomic E-state index is 8.56. The fourth-order valence-corrected chi connectivity index (χ4v) is 1.52. The molecule has 0 aliphatic rings. The molecule has 1 N–H and O–H groups in total. The molecular formula is C12H24N2O2. The highest BCUT2D eigenvalue weighted by Crippen LogP contribution is 2.21. The van der Waals surface area contributed by atoms with E-state index in [2.05, 4.69) is 25.2 Å². The number of hydrogen-bond donors (Lipinski definition) is 1. The Morgan fingerprint density at radius 3 is 2.31 bits per heavy atom. The second-order valence-corrected chi connectivity index (χ2v) is 4.83. The van der Waals surface area contributed by atoms with Crippen LogP contribution in [0.4, 0.5) is 0 Å². The molecule has 1 atom stereocenters. The Morgan fingerprint density at radius 1 is 1.31 bits per heavy atom. The molecule has 0 aliphatic heterocycles. The van der Waals surface area contributed by atoms with Crippen molar-refractivity contribution < 1.29 is 9.47 Å². The Morgan fingerprint density at radius 2 is 1.88 bits per heavy atom. The van der Waals surface area contributed by atoms with E-state index in [0.717, 1.165) is 13.0 Å². The van der Waals surface area contributed by atoms with Crippen LogP contribution >= 0.6 is 0 Å². The SMILES string of the molecule is COC(OC)C(C)NCC(C)(C)CCC#N. The Hall–Kier alpha value is -0.630. The summed E-state index contributed by atoms with van der Waals surface area (Å²) < 4.78 is 10.3. The molecule has 0 aromatic rings. The number of nitrogens with zero attached hydrogens (tertiary/aromatic N) is 1. The van der Waals surface area contributed by atoms with E-state index in [-0.39, 0.29) is 17.7 Å². The van der Waals surface area contributed by atoms with E-state index in [1.807, 2.05) is 6.92 Å². The van der Waals surface area contributed by atoms with Crippen LogP contribution < -0.4 is 5.32 Å². The van der Waals surface area contributed by atoms with Crippen molar-refractivity contribution in [1.29, 1.82) is 5.26 Å². The molecule has 0 radical (unpaired) electrons. The molecule has 4 nitrogen and oxygen atoms in total. The van der Waals surface area contributed by atoms with Gasteiger partial charge in [0.15, 0.2) is 6.29 Å². The molecule has 0 heterocycles. The first-order valence-corrected chi connectivity index (χ1v) is 5.63. The number of rotatable bonds is 8. The first-order valence-electron chi connectivity index (χ1n) is 5.63. The van der Waals surface area contributed by atoms with Crippen molar-refractivity contribution in [1.82, 2.24) is 5.32 Å². The van der Waals surface area contributed by atoms with Gasteiger partial charge in [0.25, 0.3) is 0 Å². The van der Waals surface area contributed by atoms with Crippen LogP contribution in [0, 0.1) is 16.7 Å². The lowest BCUT2D eigenvalue weighted by molar-refractivity contribution is -0.120. The molecule has 94 valence electrons. The van der Waals surface area contributed by atoms with Crippen molar-refractivity contribution >= 4 is 0 Å². The standard InChI is InChI=1S/C12H24N2O2/c1-10(11(15-4)16-5)14-9-12(2,3)7-6-8-13/h10-11,14H,6-7,9H2,1-5H3. The zero-order valence-corrected chi connectivity index (χ0v) is 11.0. The highest BCUT2D eigenvalue weighted by atomic mass is 16.7. The third-order valence-corrected chi connectivity index (χ3v) is 2.69. The zero-order valence-electron chi connectivity index (χ0n) is 11.0. The second kappa shape index (κ2) is 7.61. The maximum Gasteiger partial charge on any atom is 0.171 e. The van der Waals surface area contributed by atoms with E-state index >= 15 is 0 Å². The summed E-state index contributed by atoms with van der Waals surface area (Å²) in [5.41, 5.74) is 0.121. The molecule has 1 unspecified atom stereocenters. The van der Waals surface area contributed by atoms with Gasteiger partial charge in [0, 0.05) is 27.2 Å². The van der Waals surface area contributed by atoms with Gasteiger partial charge >= 0.3 is 0 Å². The number of ether oxygens (including phenoxy) is 2. The fourth-order valence-electron chi connectivity index (χ4n) is 1.52. The van der Waals surface area contributed by atoms with Crippen LogP contribution in [0.15, 0.2) is 0 Å².